The molecule has 0 aliphatic heterocycles. The van der Waals surface area contributed by atoms with Gasteiger partial charge in [-0.05, 0) is 30.7 Å². The van der Waals surface area contributed by atoms with Gasteiger partial charge in [0.15, 0.2) is 11.9 Å². The minimum atomic E-state index is -0.123. The van der Waals surface area contributed by atoms with E-state index in [9.17, 15) is 4.79 Å². The molecule has 5 heteroatoms. The van der Waals surface area contributed by atoms with Crippen molar-refractivity contribution in [3.05, 3.63) is 52.8 Å². The molecule has 0 saturated heterocycles. The monoisotopic (exact) mass is 319 g/mol. The fourth-order valence-corrected chi connectivity index (χ4v) is 2.34. The number of rotatable bonds is 5. The molecule has 0 aliphatic rings. The van der Waals surface area contributed by atoms with Gasteiger partial charge in [0.05, 0.1) is 12.8 Å². The number of anilines is 1. The Balaban J connectivity index is 2.15. The topological polar surface area (TPSA) is 42.2 Å². The Bertz CT molecular complexity index is 686. The molecule has 0 spiro atoms. The number of halogens is 1. The van der Waals surface area contributed by atoms with Crippen molar-refractivity contribution in [3.63, 3.8) is 0 Å². The van der Waals surface area contributed by atoms with Crippen molar-refractivity contribution < 1.29 is 14.1 Å². The second-order valence-electron chi connectivity index (χ2n) is 5.05. The molecule has 1 aromatic heterocycles. The number of nitrogens with zero attached hydrogens (tertiary/aromatic N) is 1. The zero-order valence-corrected chi connectivity index (χ0v) is 13.8. The summed E-state index contributed by atoms with van der Waals surface area (Å²) in [4.78, 5) is 12.3. The van der Waals surface area contributed by atoms with E-state index in [1.54, 1.807) is 25.3 Å². The van der Waals surface area contributed by atoms with Crippen LogP contribution in [-0.4, -0.2) is 13.0 Å². The molecule has 0 aliphatic carbocycles. The first-order chi connectivity index (χ1) is 10.5. The lowest BCUT2D eigenvalue weighted by Gasteiger charge is -2.10. The van der Waals surface area contributed by atoms with Gasteiger partial charge < -0.3 is 10.1 Å². The van der Waals surface area contributed by atoms with Crippen LogP contribution in [0.2, 0.25) is 5.02 Å². The van der Waals surface area contributed by atoms with E-state index in [2.05, 4.69) is 18.3 Å². The van der Waals surface area contributed by atoms with Crippen LogP contribution >= 0.6 is 11.6 Å². The first kappa shape index (κ1) is 16.3. The number of aryl methyl sites for hydroxylation is 2. The van der Waals surface area contributed by atoms with Crippen molar-refractivity contribution in [1.29, 1.82) is 0 Å². The van der Waals surface area contributed by atoms with Gasteiger partial charge >= 0.3 is 0 Å². The maximum atomic E-state index is 12.3. The number of methoxy groups -OCH3 is 1. The molecule has 1 heterocycles. The summed E-state index contributed by atoms with van der Waals surface area (Å²) in [5.41, 5.74) is 2.80. The highest BCUT2D eigenvalue weighted by molar-refractivity contribution is 6.31. The van der Waals surface area contributed by atoms with Crippen LogP contribution in [0.5, 0.6) is 5.75 Å². The molecule has 2 aromatic rings. The van der Waals surface area contributed by atoms with Crippen molar-refractivity contribution in [3.8, 4) is 5.75 Å². The van der Waals surface area contributed by atoms with Crippen LogP contribution in [0, 0.1) is 6.92 Å². The number of amides is 1. The third-order valence-electron chi connectivity index (χ3n) is 3.47. The molecular weight excluding hydrogens is 300 g/mol. The number of benzene rings is 1. The van der Waals surface area contributed by atoms with Gasteiger partial charge in [0, 0.05) is 23.6 Å². The molecule has 22 heavy (non-hydrogen) atoms. The van der Waals surface area contributed by atoms with E-state index in [0.717, 1.165) is 12.1 Å². The Morgan fingerprint density at radius 1 is 1.32 bits per heavy atom. The van der Waals surface area contributed by atoms with E-state index in [0.29, 0.717) is 16.5 Å². The number of hydrogen-bond acceptors (Lipinski definition) is 2. The molecule has 4 nitrogen and oxygen atoms in total. The van der Waals surface area contributed by atoms with E-state index >= 15 is 0 Å². The number of nitrogens with one attached hydrogen (secondary N) is 1. The number of pyridine rings is 1. The molecule has 0 radical (unpaired) electrons. The van der Waals surface area contributed by atoms with Crippen molar-refractivity contribution in [2.24, 2.45) is 0 Å². The number of aromatic nitrogens is 1. The van der Waals surface area contributed by atoms with Crippen LogP contribution in [0.1, 0.15) is 18.2 Å². The molecule has 1 amide bonds. The SMILES string of the molecule is CCc1ccc(C)[n+](CC(=O)Nc2cc(Cl)ccc2OC)c1. The molecule has 1 N–H and O–H groups in total. The van der Waals surface area contributed by atoms with Gasteiger partial charge in [-0.15, -0.1) is 0 Å². The zero-order chi connectivity index (χ0) is 16.1. The quantitative estimate of drug-likeness (QED) is 0.860. The Morgan fingerprint density at radius 2 is 2.09 bits per heavy atom. The van der Waals surface area contributed by atoms with E-state index in [-0.39, 0.29) is 12.5 Å². The van der Waals surface area contributed by atoms with Crippen LogP contribution in [0.3, 0.4) is 0 Å². The maximum absolute atomic E-state index is 12.3. The molecule has 116 valence electrons. The van der Waals surface area contributed by atoms with E-state index < -0.39 is 0 Å². The second-order valence-corrected chi connectivity index (χ2v) is 5.49. The molecule has 0 atom stereocenters. The van der Waals surface area contributed by atoms with Crippen molar-refractivity contribution in [2.45, 2.75) is 26.8 Å². The number of ether oxygens (including phenoxy) is 1. The molecule has 1 aromatic carbocycles. The van der Waals surface area contributed by atoms with Gasteiger partial charge in [0.25, 0.3) is 5.91 Å². The predicted molar refractivity (Wildman–Crippen MR) is 87.4 cm³/mol. The molecule has 0 saturated carbocycles. The Morgan fingerprint density at radius 3 is 2.77 bits per heavy atom. The van der Waals surface area contributed by atoms with Crippen LogP contribution in [0.4, 0.5) is 5.69 Å². The lowest BCUT2D eigenvalue weighted by molar-refractivity contribution is -0.690. The number of hydrogen-bond donors (Lipinski definition) is 1. The summed E-state index contributed by atoms with van der Waals surface area (Å²) in [5.74, 6) is 0.462. The standard InChI is InChI=1S/C17H19ClN2O2/c1-4-13-6-5-12(2)20(10-13)11-17(21)19-15-9-14(18)7-8-16(15)22-3/h5-10H,4,11H2,1-3H3/p+1. The smallest absolute Gasteiger partial charge is 0.290 e. The minimum absolute atomic E-state index is 0.123. The Labute approximate surface area is 135 Å². The second kappa shape index (κ2) is 7.27. The summed E-state index contributed by atoms with van der Waals surface area (Å²) in [6, 6.07) is 9.22. The largest absolute Gasteiger partial charge is 0.495 e. The maximum Gasteiger partial charge on any atom is 0.290 e. The third-order valence-corrected chi connectivity index (χ3v) is 3.71. The average Bonchev–Trinajstić information content (AvgIpc) is 2.49. The summed E-state index contributed by atoms with van der Waals surface area (Å²) in [7, 11) is 1.56. The van der Waals surface area contributed by atoms with Crippen LogP contribution in [-0.2, 0) is 17.8 Å². The van der Waals surface area contributed by atoms with Gasteiger partial charge in [-0.2, -0.15) is 4.57 Å². The van der Waals surface area contributed by atoms with Crippen LogP contribution < -0.4 is 14.6 Å². The van der Waals surface area contributed by atoms with Gasteiger partial charge in [-0.3, -0.25) is 4.79 Å². The summed E-state index contributed by atoms with van der Waals surface area (Å²) < 4.78 is 7.17. The summed E-state index contributed by atoms with van der Waals surface area (Å²) in [6.07, 6.45) is 2.94. The van der Waals surface area contributed by atoms with Crippen molar-refractivity contribution >= 4 is 23.2 Å². The van der Waals surface area contributed by atoms with E-state index in [4.69, 9.17) is 16.3 Å². The van der Waals surface area contributed by atoms with E-state index in [1.807, 2.05) is 23.8 Å². The highest BCUT2D eigenvalue weighted by Crippen LogP contribution is 2.27. The van der Waals surface area contributed by atoms with Gasteiger partial charge in [-0.25, -0.2) is 0 Å². The van der Waals surface area contributed by atoms with Gasteiger partial charge in [0.2, 0.25) is 6.54 Å². The van der Waals surface area contributed by atoms with Crippen LogP contribution in [0.25, 0.3) is 0 Å². The summed E-state index contributed by atoms with van der Waals surface area (Å²) >= 11 is 5.97. The predicted octanol–water partition coefficient (Wildman–Crippen LogP) is 3.15. The lowest BCUT2D eigenvalue weighted by atomic mass is 10.2. The average molecular weight is 320 g/mol. The molecular formula is C17H20ClN2O2+. The van der Waals surface area contributed by atoms with E-state index in [1.165, 1.54) is 5.56 Å². The molecule has 0 fully saturated rings. The fraction of sp³-hybridized carbons (Fsp3) is 0.294. The molecule has 0 unspecified atom stereocenters. The first-order valence-corrected chi connectivity index (χ1v) is 7.53. The zero-order valence-electron chi connectivity index (χ0n) is 13.0. The minimum Gasteiger partial charge on any atom is -0.495 e. The third kappa shape index (κ3) is 3.98. The Hall–Kier alpha value is -2.07. The normalized spacial score (nSPS) is 10.4. The first-order valence-electron chi connectivity index (χ1n) is 7.16. The highest BCUT2D eigenvalue weighted by atomic mass is 35.5. The highest BCUT2D eigenvalue weighted by Gasteiger charge is 2.15. The molecule has 0 bridgehead atoms. The van der Waals surface area contributed by atoms with Crippen molar-refractivity contribution in [2.75, 3.05) is 12.4 Å². The van der Waals surface area contributed by atoms with Crippen LogP contribution in [0.15, 0.2) is 36.5 Å². The summed E-state index contributed by atoms with van der Waals surface area (Å²) in [5, 5.41) is 3.40. The number of carbonyl (C=O) groups is 1. The lowest BCUT2D eigenvalue weighted by Crippen LogP contribution is -2.43. The van der Waals surface area contributed by atoms with Gasteiger partial charge in [-0.1, -0.05) is 18.5 Å². The Kier molecular flexibility index (Phi) is 5.39. The molecule has 2 rings (SSSR count). The van der Waals surface area contributed by atoms with Crippen molar-refractivity contribution in [1.82, 2.24) is 0 Å². The van der Waals surface area contributed by atoms with Gasteiger partial charge in [0.1, 0.15) is 5.75 Å². The fourth-order valence-electron chi connectivity index (χ4n) is 2.17. The number of carbonyl (C=O) groups excluding carboxylic acids is 1. The summed E-state index contributed by atoms with van der Waals surface area (Å²) in [6.45, 7) is 4.31.